The van der Waals surface area contributed by atoms with Crippen molar-refractivity contribution in [2.24, 2.45) is 5.92 Å². The Bertz CT molecular complexity index is 1450. The van der Waals surface area contributed by atoms with Crippen molar-refractivity contribution in [1.29, 1.82) is 0 Å². The van der Waals surface area contributed by atoms with Crippen molar-refractivity contribution in [2.45, 2.75) is 44.9 Å². The van der Waals surface area contributed by atoms with E-state index in [4.69, 9.17) is 0 Å². The molecule has 0 spiro atoms. The molecule has 1 saturated carbocycles. The first-order valence-electron chi connectivity index (χ1n) is 12.3. The molecule has 2 heterocycles. The highest BCUT2D eigenvalue weighted by atomic mass is 19.4. The molecule has 0 amide bonds. The number of alkyl halides is 3. The van der Waals surface area contributed by atoms with Crippen LogP contribution in [-0.4, -0.2) is 43.7 Å². The van der Waals surface area contributed by atoms with E-state index in [0.29, 0.717) is 28.8 Å². The Kier molecular flexibility index (Phi) is 6.68. The molecule has 2 aromatic carbocycles. The van der Waals surface area contributed by atoms with E-state index >= 15 is 0 Å². The number of rotatable bonds is 8. The predicted molar refractivity (Wildman–Crippen MR) is 138 cm³/mol. The molecule has 0 bridgehead atoms. The van der Waals surface area contributed by atoms with Gasteiger partial charge in [0, 0.05) is 18.8 Å². The van der Waals surface area contributed by atoms with Crippen molar-refractivity contribution in [2.75, 3.05) is 17.3 Å². The number of aromatic nitrogens is 4. The van der Waals surface area contributed by atoms with Gasteiger partial charge in [-0.25, -0.2) is 14.8 Å². The number of para-hydroxylation sites is 1. The molecule has 4 aromatic rings. The Labute approximate surface area is 217 Å². The van der Waals surface area contributed by atoms with Gasteiger partial charge in [-0.15, -0.1) is 0 Å². The molecular weight excluding hydrogens is 497 g/mol. The molecule has 0 saturated heterocycles. The molecule has 1 aliphatic rings. The Morgan fingerprint density at radius 2 is 1.79 bits per heavy atom. The topological polar surface area (TPSA) is 96.2 Å². The lowest BCUT2D eigenvalue weighted by Crippen LogP contribution is -2.31. The fourth-order valence-corrected chi connectivity index (χ4v) is 4.65. The normalized spacial score (nSPS) is 14.8. The van der Waals surface area contributed by atoms with Crippen LogP contribution in [0, 0.1) is 5.92 Å². The van der Waals surface area contributed by atoms with E-state index in [0.717, 1.165) is 37.1 Å². The van der Waals surface area contributed by atoms with Gasteiger partial charge in [0.05, 0.1) is 12.1 Å². The summed E-state index contributed by atoms with van der Waals surface area (Å²) in [7, 11) is 1.81. The van der Waals surface area contributed by atoms with Gasteiger partial charge in [0.1, 0.15) is 5.52 Å². The summed E-state index contributed by atoms with van der Waals surface area (Å²) >= 11 is 0. The van der Waals surface area contributed by atoms with Crippen molar-refractivity contribution in [1.82, 2.24) is 19.5 Å². The number of anilines is 3. The molecule has 11 heteroatoms. The largest absolute Gasteiger partial charge is 0.475 e. The number of nitrogens with one attached hydrogen (secondary N) is 1. The Hall–Kier alpha value is -4.15. The maximum Gasteiger partial charge on any atom is 0.416 e. The molecule has 198 valence electrons. The minimum Gasteiger partial charge on any atom is -0.475 e. The smallest absolute Gasteiger partial charge is 0.416 e. The molecular formula is C27H27F3N6O2. The highest BCUT2D eigenvalue weighted by Gasteiger charge is 2.31. The second kappa shape index (κ2) is 9.96. The van der Waals surface area contributed by atoms with Crippen LogP contribution in [-0.2, 0) is 12.7 Å². The number of carboxylic acid groups (broad SMARTS) is 1. The van der Waals surface area contributed by atoms with Crippen LogP contribution in [0.25, 0.3) is 11.2 Å². The van der Waals surface area contributed by atoms with E-state index in [9.17, 15) is 23.1 Å². The summed E-state index contributed by atoms with van der Waals surface area (Å²) in [6.45, 7) is 2.20. The van der Waals surface area contributed by atoms with Gasteiger partial charge in [0.2, 0.25) is 11.8 Å². The first-order chi connectivity index (χ1) is 18.1. The summed E-state index contributed by atoms with van der Waals surface area (Å²) in [5, 5.41) is 13.1. The standard InChI is InChI=1S/C27H27F3N6O2/c1-16(18-7-6-8-18)31-22-21-23(33-24(32-22)25(37)38)34-26(35(2)20-9-4-3-5-10-20)36(21)15-17-11-13-19(14-12-17)27(28,29)30/h3-5,9-14,16,18H,6-8,15H2,1-2H3,(H,37,38)(H,31,32,33)/t16-/m1/s1. The number of aromatic carboxylic acids is 1. The van der Waals surface area contributed by atoms with Gasteiger partial charge >= 0.3 is 12.1 Å². The van der Waals surface area contributed by atoms with Gasteiger partial charge in [-0.05, 0) is 55.5 Å². The number of nitrogens with zero attached hydrogens (tertiary/aromatic N) is 5. The minimum absolute atomic E-state index is 0.0354. The lowest BCUT2D eigenvalue weighted by molar-refractivity contribution is -0.137. The average Bonchev–Trinajstić information content (AvgIpc) is 3.21. The van der Waals surface area contributed by atoms with Crippen LogP contribution in [0.15, 0.2) is 54.6 Å². The molecule has 0 aliphatic heterocycles. The summed E-state index contributed by atoms with van der Waals surface area (Å²) < 4.78 is 41.2. The number of imidazole rings is 1. The number of carbonyl (C=O) groups is 1. The summed E-state index contributed by atoms with van der Waals surface area (Å²) in [4.78, 5) is 26.9. The highest BCUT2D eigenvalue weighted by molar-refractivity contribution is 5.92. The summed E-state index contributed by atoms with van der Waals surface area (Å²) in [5.41, 5.74) is 1.37. The number of benzene rings is 2. The second-order valence-corrected chi connectivity index (χ2v) is 9.58. The molecule has 1 aliphatic carbocycles. The van der Waals surface area contributed by atoms with Crippen molar-refractivity contribution >= 4 is 34.6 Å². The molecule has 1 fully saturated rings. The summed E-state index contributed by atoms with van der Waals surface area (Å²) in [6.07, 6.45) is -1.15. The van der Waals surface area contributed by atoms with E-state index in [2.05, 4.69) is 20.3 Å². The maximum atomic E-state index is 13.1. The van der Waals surface area contributed by atoms with Gasteiger partial charge < -0.3 is 19.9 Å². The Balaban J connectivity index is 1.66. The van der Waals surface area contributed by atoms with Gasteiger partial charge in [0.25, 0.3) is 0 Å². The monoisotopic (exact) mass is 524 g/mol. The van der Waals surface area contributed by atoms with E-state index < -0.39 is 17.7 Å². The van der Waals surface area contributed by atoms with Crippen molar-refractivity contribution < 1.29 is 23.1 Å². The number of hydrogen-bond donors (Lipinski definition) is 2. The molecule has 5 rings (SSSR count). The van der Waals surface area contributed by atoms with E-state index in [-0.39, 0.29) is 24.1 Å². The first-order valence-corrected chi connectivity index (χ1v) is 12.3. The van der Waals surface area contributed by atoms with Gasteiger partial charge in [-0.1, -0.05) is 36.8 Å². The lowest BCUT2D eigenvalue weighted by Gasteiger charge is -2.32. The third-order valence-corrected chi connectivity index (χ3v) is 7.06. The molecule has 2 aromatic heterocycles. The molecule has 0 radical (unpaired) electrons. The summed E-state index contributed by atoms with van der Waals surface area (Å²) in [6, 6.07) is 14.4. The average molecular weight is 525 g/mol. The summed E-state index contributed by atoms with van der Waals surface area (Å²) in [5.74, 6) is -0.442. The zero-order valence-electron chi connectivity index (χ0n) is 20.9. The predicted octanol–water partition coefficient (Wildman–Crippen LogP) is 5.96. The quantitative estimate of drug-likeness (QED) is 0.294. The Morgan fingerprint density at radius 1 is 1.11 bits per heavy atom. The van der Waals surface area contributed by atoms with Crippen molar-refractivity contribution in [3.63, 3.8) is 0 Å². The third-order valence-electron chi connectivity index (χ3n) is 7.06. The van der Waals surface area contributed by atoms with E-state index in [1.54, 1.807) is 0 Å². The Morgan fingerprint density at radius 3 is 2.37 bits per heavy atom. The zero-order chi connectivity index (χ0) is 27.0. The first kappa shape index (κ1) is 25.5. The van der Waals surface area contributed by atoms with Crippen LogP contribution >= 0.6 is 0 Å². The third kappa shape index (κ3) is 5.00. The number of carboxylic acids is 1. The van der Waals surface area contributed by atoms with E-state index in [1.165, 1.54) is 12.1 Å². The van der Waals surface area contributed by atoms with Gasteiger partial charge in [-0.2, -0.15) is 18.2 Å². The highest BCUT2D eigenvalue weighted by Crippen LogP contribution is 2.35. The molecule has 2 N–H and O–H groups in total. The second-order valence-electron chi connectivity index (χ2n) is 9.58. The molecule has 1 atom stereocenters. The zero-order valence-corrected chi connectivity index (χ0v) is 20.9. The van der Waals surface area contributed by atoms with Crippen LogP contribution < -0.4 is 10.2 Å². The van der Waals surface area contributed by atoms with Crippen LogP contribution in [0.5, 0.6) is 0 Å². The lowest BCUT2D eigenvalue weighted by atomic mass is 9.80. The van der Waals surface area contributed by atoms with Gasteiger partial charge in [0.15, 0.2) is 11.5 Å². The molecule has 38 heavy (non-hydrogen) atoms. The molecule has 0 unspecified atom stereocenters. The van der Waals surface area contributed by atoms with Crippen LogP contribution in [0.3, 0.4) is 0 Å². The van der Waals surface area contributed by atoms with Crippen molar-refractivity contribution in [3.8, 4) is 0 Å². The van der Waals surface area contributed by atoms with Crippen LogP contribution in [0.1, 0.15) is 47.9 Å². The minimum atomic E-state index is -4.44. The van der Waals surface area contributed by atoms with Crippen LogP contribution in [0.4, 0.5) is 30.6 Å². The van der Waals surface area contributed by atoms with Crippen LogP contribution in [0.2, 0.25) is 0 Å². The molecule has 8 nitrogen and oxygen atoms in total. The SMILES string of the molecule is C[C@@H](Nc1nc(C(=O)O)nc2nc(N(C)c3ccccc3)n(Cc3ccc(C(F)(F)F)cc3)c12)C1CCC1. The van der Waals surface area contributed by atoms with Gasteiger partial charge in [-0.3, -0.25) is 0 Å². The number of hydrogen-bond acceptors (Lipinski definition) is 6. The maximum absolute atomic E-state index is 13.1. The number of fused-ring (bicyclic) bond motifs is 1. The van der Waals surface area contributed by atoms with Crippen molar-refractivity contribution in [3.05, 3.63) is 71.5 Å². The van der Waals surface area contributed by atoms with E-state index in [1.807, 2.05) is 53.8 Å². The fourth-order valence-electron chi connectivity index (χ4n) is 4.65. The fraction of sp³-hybridized carbons (Fsp3) is 0.333. The number of halogens is 3.